The van der Waals surface area contributed by atoms with Gasteiger partial charge in [-0.3, -0.25) is 0 Å². The molecule has 0 radical (unpaired) electrons. The van der Waals surface area contributed by atoms with Crippen LogP contribution in [-0.2, 0) is 6.54 Å². The summed E-state index contributed by atoms with van der Waals surface area (Å²) in [5.41, 5.74) is 1.32. The lowest BCUT2D eigenvalue weighted by molar-refractivity contribution is 0.687. The van der Waals surface area contributed by atoms with E-state index in [1.54, 1.807) is 11.8 Å². The van der Waals surface area contributed by atoms with Crippen LogP contribution < -0.4 is 5.32 Å². The Hall–Kier alpha value is -0.480. The van der Waals surface area contributed by atoms with Crippen molar-refractivity contribution in [3.63, 3.8) is 0 Å². The summed E-state index contributed by atoms with van der Waals surface area (Å²) in [6.07, 6.45) is 2.65. The van der Waals surface area contributed by atoms with Crippen molar-refractivity contribution in [1.29, 1.82) is 0 Å². The van der Waals surface area contributed by atoms with E-state index in [1.807, 2.05) is 18.2 Å². The molecule has 20 heavy (non-hydrogen) atoms. The Labute approximate surface area is 137 Å². The van der Waals surface area contributed by atoms with Crippen molar-refractivity contribution in [2.24, 2.45) is 0 Å². The summed E-state index contributed by atoms with van der Waals surface area (Å²) in [6.45, 7) is 0.950. The third-order valence-electron chi connectivity index (χ3n) is 3.19. The van der Waals surface area contributed by atoms with E-state index >= 15 is 0 Å². The van der Waals surface area contributed by atoms with Gasteiger partial charge in [-0.15, -0.1) is 0 Å². The molecule has 0 saturated heterocycles. The van der Waals surface area contributed by atoms with Crippen LogP contribution in [0.4, 0.5) is 0 Å². The van der Waals surface area contributed by atoms with E-state index in [9.17, 15) is 0 Å². The van der Waals surface area contributed by atoms with E-state index in [0.717, 1.165) is 27.0 Å². The second kappa shape index (κ2) is 6.52. The average Bonchev–Trinajstić information content (AvgIpc) is 3.23. The zero-order valence-corrected chi connectivity index (χ0v) is 14.1. The van der Waals surface area contributed by atoms with Gasteiger partial charge in [-0.1, -0.05) is 35.5 Å². The van der Waals surface area contributed by atoms with Gasteiger partial charge in [0.1, 0.15) is 0 Å². The fourth-order valence-electron chi connectivity index (χ4n) is 1.94. The Bertz CT molecular complexity index is 613. The fourth-order valence-corrected chi connectivity index (χ4v) is 3.75. The molecule has 0 spiro atoms. The van der Waals surface area contributed by atoms with Crippen molar-refractivity contribution < 1.29 is 0 Å². The van der Waals surface area contributed by atoms with Gasteiger partial charge in [-0.25, -0.2) is 0 Å². The van der Waals surface area contributed by atoms with E-state index in [-0.39, 0.29) is 0 Å². The first-order chi connectivity index (χ1) is 9.70. The molecule has 0 atom stereocenters. The standard InChI is InChI=1S/C16H15BrClNS/c17-15-8-11(10-19-13-5-6-13)4-7-16(15)20-14-3-1-2-12(18)9-14/h1-4,7-9,13,19H,5-6,10H2. The number of nitrogens with one attached hydrogen (secondary N) is 1. The summed E-state index contributed by atoms with van der Waals surface area (Å²) in [5.74, 6) is 0. The maximum atomic E-state index is 6.02. The van der Waals surface area contributed by atoms with Gasteiger partial charge < -0.3 is 5.32 Å². The molecule has 2 aromatic rings. The Morgan fingerprint density at radius 3 is 2.75 bits per heavy atom. The molecular formula is C16H15BrClNS. The summed E-state index contributed by atoms with van der Waals surface area (Å²) >= 11 is 11.4. The molecule has 0 unspecified atom stereocenters. The lowest BCUT2D eigenvalue weighted by atomic mass is 10.2. The molecule has 1 aliphatic carbocycles. The molecule has 3 rings (SSSR count). The Kier molecular flexibility index (Phi) is 4.72. The van der Waals surface area contributed by atoms with Crippen LogP contribution in [0.15, 0.2) is 56.7 Å². The molecule has 4 heteroatoms. The topological polar surface area (TPSA) is 12.0 Å². The number of hydrogen-bond donors (Lipinski definition) is 1. The Balaban J connectivity index is 1.69. The van der Waals surface area contributed by atoms with Gasteiger partial charge in [0, 0.05) is 31.9 Å². The smallest absolute Gasteiger partial charge is 0.0417 e. The first-order valence-electron chi connectivity index (χ1n) is 6.66. The average molecular weight is 369 g/mol. The largest absolute Gasteiger partial charge is 0.310 e. The highest BCUT2D eigenvalue weighted by Gasteiger charge is 2.19. The van der Waals surface area contributed by atoms with Crippen molar-refractivity contribution in [3.8, 4) is 0 Å². The van der Waals surface area contributed by atoms with Gasteiger partial charge in [0.25, 0.3) is 0 Å². The molecule has 2 aromatic carbocycles. The van der Waals surface area contributed by atoms with E-state index < -0.39 is 0 Å². The first kappa shape index (κ1) is 14.5. The molecule has 0 amide bonds. The van der Waals surface area contributed by atoms with Crippen molar-refractivity contribution in [1.82, 2.24) is 5.32 Å². The van der Waals surface area contributed by atoms with E-state index in [1.165, 1.54) is 23.3 Å². The first-order valence-corrected chi connectivity index (χ1v) is 8.65. The number of halogens is 2. The number of benzene rings is 2. The van der Waals surface area contributed by atoms with Gasteiger partial charge in [0.15, 0.2) is 0 Å². The van der Waals surface area contributed by atoms with Gasteiger partial charge in [0.05, 0.1) is 0 Å². The van der Waals surface area contributed by atoms with Crippen LogP contribution >= 0.6 is 39.3 Å². The molecule has 0 heterocycles. The van der Waals surface area contributed by atoms with Gasteiger partial charge in [0.2, 0.25) is 0 Å². The maximum Gasteiger partial charge on any atom is 0.0417 e. The zero-order chi connectivity index (χ0) is 13.9. The highest BCUT2D eigenvalue weighted by molar-refractivity contribution is 9.10. The van der Waals surface area contributed by atoms with Crippen LogP contribution in [0.2, 0.25) is 5.02 Å². The van der Waals surface area contributed by atoms with Crippen LogP contribution in [0, 0.1) is 0 Å². The number of rotatable bonds is 5. The normalized spacial score (nSPS) is 14.5. The SMILES string of the molecule is Clc1cccc(Sc2ccc(CNC3CC3)cc2Br)c1. The van der Waals surface area contributed by atoms with Crippen LogP contribution in [0.3, 0.4) is 0 Å². The van der Waals surface area contributed by atoms with E-state index in [0.29, 0.717) is 0 Å². The molecule has 1 fully saturated rings. The third kappa shape index (κ3) is 4.01. The molecule has 0 aromatic heterocycles. The summed E-state index contributed by atoms with van der Waals surface area (Å²) in [6, 6.07) is 15.2. The van der Waals surface area contributed by atoms with Crippen LogP contribution in [0.1, 0.15) is 18.4 Å². The van der Waals surface area contributed by atoms with Gasteiger partial charge in [-0.05, 0) is 64.7 Å². The van der Waals surface area contributed by atoms with Crippen molar-refractivity contribution in [3.05, 3.63) is 57.5 Å². The molecular weight excluding hydrogens is 354 g/mol. The van der Waals surface area contributed by atoms with Crippen molar-refractivity contribution >= 4 is 39.3 Å². The molecule has 104 valence electrons. The minimum atomic E-state index is 0.745. The van der Waals surface area contributed by atoms with Crippen LogP contribution in [0.5, 0.6) is 0 Å². The number of hydrogen-bond acceptors (Lipinski definition) is 2. The third-order valence-corrected chi connectivity index (χ3v) is 5.41. The van der Waals surface area contributed by atoms with Crippen LogP contribution in [0.25, 0.3) is 0 Å². The monoisotopic (exact) mass is 367 g/mol. The second-order valence-electron chi connectivity index (χ2n) is 4.98. The lowest BCUT2D eigenvalue weighted by Crippen LogP contribution is -2.15. The Morgan fingerprint density at radius 2 is 2.05 bits per heavy atom. The second-order valence-corrected chi connectivity index (χ2v) is 7.39. The molecule has 1 saturated carbocycles. The summed E-state index contributed by atoms with van der Waals surface area (Å²) in [7, 11) is 0. The highest BCUT2D eigenvalue weighted by atomic mass is 79.9. The fraction of sp³-hybridized carbons (Fsp3) is 0.250. The summed E-state index contributed by atoms with van der Waals surface area (Å²) in [4.78, 5) is 2.37. The molecule has 1 nitrogen and oxygen atoms in total. The predicted octanol–water partition coefficient (Wildman–Crippen LogP) is 5.51. The summed E-state index contributed by atoms with van der Waals surface area (Å²) in [5, 5.41) is 4.31. The van der Waals surface area contributed by atoms with E-state index in [2.05, 4.69) is 45.5 Å². The van der Waals surface area contributed by atoms with Gasteiger partial charge >= 0.3 is 0 Å². The predicted molar refractivity (Wildman–Crippen MR) is 89.6 cm³/mol. The molecule has 0 bridgehead atoms. The van der Waals surface area contributed by atoms with Crippen molar-refractivity contribution in [2.75, 3.05) is 0 Å². The molecule has 1 aliphatic rings. The zero-order valence-electron chi connectivity index (χ0n) is 10.9. The quantitative estimate of drug-likeness (QED) is 0.747. The lowest BCUT2D eigenvalue weighted by Gasteiger charge is -2.08. The van der Waals surface area contributed by atoms with Gasteiger partial charge in [-0.2, -0.15) is 0 Å². The Morgan fingerprint density at radius 1 is 1.20 bits per heavy atom. The minimum absolute atomic E-state index is 0.745. The summed E-state index contributed by atoms with van der Waals surface area (Å²) < 4.78 is 1.14. The maximum absolute atomic E-state index is 6.02. The highest BCUT2D eigenvalue weighted by Crippen LogP contribution is 2.35. The van der Waals surface area contributed by atoms with E-state index in [4.69, 9.17) is 11.6 Å². The van der Waals surface area contributed by atoms with Crippen molar-refractivity contribution in [2.45, 2.75) is 35.2 Å². The van der Waals surface area contributed by atoms with Crippen LogP contribution in [-0.4, -0.2) is 6.04 Å². The minimum Gasteiger partial charge on any atom is -0.310 e. The molecule has 1 N–H and O–H groups in total. The molecule has 0 aliphatic heterocycles.